The molecule has 0 heterocycles. The van der Waals surface area contributed by atoms with E-state index in [0.717, 1.165) is 12.0 Å². The lowest BCUT2D eigenvalue weighted by atomic mass is 9.63. The summed E-state index contributed by atoms with van der Waals surface area (Å²) in [4.78, 5) is 0. The van der Waals surface area contributed by atoms with Gasteiger partial charge in [0.15, 0.2) is 0 Å². The lowest BCUT2D eigenvalue weighted by Crippen LogP contribution is -2.34. The number of hydrogen-bond acceptors (Lipinski definition) is 2. The molecule has 0 saturated heterocycles. The number of aliphatic hydroxyl groups is 1. The second kappa shape index (κ2) is 6.66. The Kier molecular flexibility index (Phi) is 4.87. The summed E-state index contributed by atoms with van der Waals surface area (Å²) in [7, 11) is 0. The van der Waals surface area contributed by atoms with Crippen molar-refractivity contribution in [3.63, 3.8) is 0 Å². The number of halogens is 1. The van der Waals surface area contributed by atoms with Crippen LogP contribution < -0.4 is 4.74 Å². The summed E-state index contributed by atoms with van der Waals surface area (Å²) in [5.41, 5.74) is 4.13. The fourth-order valence-corrected chi connectivity index (χ4v) is 3.82. The molecular weight excluding hydrogens is 332 g/mol. The number of fused-ring (bicyclic) bond motifs is 1. The van der Waals surface area contributed by atoms with E-state index in [0.29, 0.717) is 10.8 Å². The van der Waals surface area contributed by atoms with Crippen LogP contribution in [0.4, 0.5) is 0 Å². The first-order chi connectivity index (χ1) is 11.7. The van der Waals surface area contributed by atoms with Crippen molar-refractivity contribution in [2.24, 2.45) is 0 Å². The predicted molar refractivity (Wildman–Crippen MR) is 104 cm³/mol. The van der Waals surface area contributed by atoms with E-state index in [1.807, 2.05) is 12.1 Å². The maximum absolute atomic E-state index is 9.88. The quantitative estimate of drug-likeness (QED) is 0.748. The molecule has 2 aromatic carbocycles. The highest BCUT2D eigenvalue weighted by Crippen LogP contribution is 2.46. The molecule has 0 spiro atoms. The van der Waals surface area contributed by atoms with Gasteiger partial charge in [-0.05, 0) is 64.6 Å². The molecule has 0 aliphatic heterocycles. The highest BCUT2D eigenvalue weighted by molar-refractivity contribution is 6.30. The molecule has 0 unspecified atom stereocenters. The van der Waals surface area contributed by atoms with Crippen molar-refractivity contribution in [1.82, 2.24) is 0 Å². The number of rotatable bonds is 4. The lowest BCUT2D eigenvalue weighted by Gasteiger charge is -2.42. The molecule has 3 heteroatoms. The maximum Gasteiger partial charge on any atom is 0.147 e. The summed E-state index contributed by atoms with van der Waals surface area (Å²) in [6, 6.07) is 13.8. The highest BCUT2D eigenvalue weighted by atomic mass is 35.5. The van der Waals surface area contributed by atoms with Crippen molar-refractivity contribution in [2.75, 3.05) is 6.61 Å². The minimum absolute atomic E-state index is 0.0643. The van der Waals surface area contributed by atoms with Gasteiger partial charge in [-0.2, -0.15) is 0 Å². The molecular formula is C22H27ClO2. The molecule has 1 N–H and O–H groups in total. The summed E-state index contributed by atoms with van der Waals surface area (Å²) in [6.45, 7) is 9.17. The molecule has 1 atom stereocenters. The van der Waals surface area contributed by atoms with Gasteiger partial charge in [0.1, 0.15) is 11.9 Å². The van der Waals surface area contributed by atoms with Crippen LogP contribution >= 0.6 is 11.6 Å². The van der Waals surface area contributed by atoms with E-state index < -0.39 is 0 Å². The zero-order valence-electron chi connectivity index (χ0n) is 15.5. The van der Waals surface area contributed by atoms with Crippen LogP contribution in [0.3, 0.4) is 0 Å². The van der Waals surface area contributed by atoms with Gasteiger partial charge in [-0.15, -0.1) is 0 Å². The van der Waals surface area contributed by atoms with Gasteiger partial charge in [-0.3, -0.25) is 0 Å². The Labute approximate surface area is 155 Å². The monoisotopic (exact) mass is 358 g/mol. The molecule has 0 amide bonds. The summed E-state index contributed by atoms with van der Waals surface area (Å²) >= 11 is 5.93. The SMILES string of the molecule is CC1(C)CCC(C)(C)c2cc([C@@H](CO)Oc3ccc(Cl)cc3)ccc21. The number of aliphatic hydroxyl groups excluding tert-OH is 1. The normalized spacial score (nSPS) is 19.1. The van der Waals surface area contributed by atoms with Crippen LogP contribution in [0.25, 0.3) is 0 Å². The molecule has 3 rings (SSSR count). The van der Waals surface area contributed by atoms with Crippen molar-refractivity contribution < 1.29 is 9.84 Å². The van der Waals surface area contributed by atoms with Crippen molar-refractivity contribution in [2.45, 2.75) is 57.5 Å². The summed E-state index contributed by atoms with van der Waals surface area (Å²) in [5.74, 6) is 0.709. The van der Waals surface area contributed by atoms with Crippen LogP contribution in [0.5, 0.6) is 5.75 Å². The van der Waals surface area contributed by atoms with Crippen molar-refractivity contribution in [3.8, 4) is 5.75 Å². The smallest absolute Gasteiger partial charge is 0.147 e. The number of ether oxygens (including phenoxy) is 1. The summed E-state index contributed by atoms with van der Waals surface area (Å²) < 4.78 is 6.01. The molecule has 0 bridgehead atoms. The first-order valence-corrected chi connectivity index (χ1v) is 9.29. The fraction of sp³-hybridized carbons (Fsp3) is 0.455. The van der Waals surface area contributed by atoms with Crippen LogP contribution in [-0.4, -0.2) is 11.7 Å². The molecule has 0 radical (unpaired) electrons. The van der Waals surface area contributed by atoms with E-state index in [1.165, 1.54) is 17.5 Å². The Bertz CT molecular complexity index is 747. The van der Waals surface area contributed by atoms with Crippen LogP contribution in [0, 0.1) is 0 Å². The van der Waals surface area contributed by atoms with Gasteiger partial charge in [0.2, 0.25) is 0 Å². The zero-order chi connectivity index (χ0) is 18.2. The third-order valence-corrected chi connectivity index (χ3v) is 5.76. The molecule has 25 heavy (non-hydrogen) atoms. The first kappa shape index (κ1) is 18.3. The van der Waals surface area contributed by atoms with Crippen LogP contribution in [0.1, 0.15) is 63.3 Å². The topological polar surface area (TPSA) is 29.5 Å². The van der Waals surface area contributed by atoms with E-state index in [4.69, 9.17) is 16.3 Å². The Morgan fingerprint density at radius 1 is 0.960 bits per heavy atom. The van der Waals surface area contributed by atoms with E-state index in [2.05, 4.69) is 45.9 Å². The predicted octanol–water partition coefficient (Wildman–Crippen LogP) is 5.80. The third-order valence-electron chi connectivity index (χ3n) is 5.51. The fourth-order valence-electron chi connectivity index (χ4n) is 3.69. The van der Waals surface area contributed by atoms with Gasteiger partial charge in [0, 0.05) is 5.02 Å². The Hall–Kier alpha value is -1.51. The maximum atomic E-state index is 9.88. The van der Waals surface area contributed by atoms with Crippen molar-refractivity contribution >= 4 is 11.6 Å². The Morgan fingerprint density at radius 3 is 2.16 bits per heavy atom. The minimum atomic E-state index is -0.382. The van der Waals surface area contributed by atoms with Crippen LogP contribution in [0.2, 0.25) is 5.02 Å². The number of hydrogen-bond donors (Lipinski definition) is 1. The highest BCUT2D eigenvalue weighted by Gasteiger charge is 2.37. The zero-order valence-corrected chi connectivity index (χ0v) is 16.2. The van der Waals surface area contributed by atoms with E-state index in [9.17, 15) is 5.11 Å². The Balaban J connectivity index is 1.95. The first-order valence-electron chi connectivity index (χ1n) is 8.91. The van der Waals surface area contributed by atoms with Gasteiger partial charge in [-0.1, -0.05) is 57.5 Å². The largest absolute Gasteiger partial charge is 0.483 e. The van der Waals surface area contributed by atoms with Gasteiger partial charge < -0.3 is 9.84 Å². The second-order valence-corrected chi connectivity index (χ2v) is 8.75. The standard InChI is InChI=1S/C22H27ClO2/c1-21(2)11-12-22(3,4)19-13-15(5-10-18(19)21)20(14-24)25-17-8-6-16(23)7-9-17/h5-10,13,20,24H,11-12,14H2,1-4H3/t20-/m1/s1. The molecule has 2 nitrogen and oxygen atoms in total. The van der Waals surface area contributed by atoms with Gasteiger partial charge in [-0.25, -0.2) is 0 Å². The van der Waals surface area contributed by atoms with Crippen molar-refractivity contribution in [3.05, 3.63) is 64.2 Å². The van der Waals surface area contributed by atoms with E-state index in [1.54, 1.807) is 12.1 Å². The molecule has 134 valence electrons. The van der Waals surface area contributed by atoms with Gasteiger partial charge in [0.25, 0.3) is 0 Å². The third kappa shape index (κ3) is 3.70. The summed E-state index contributed by atoms with van der Waals surface area (Å²) in [6.07, 6.45) is 1.97. The summed E-state index contributed by atoms with van der Waals surface area (Å²) in [5, 5.41) is 10.6. The van der Waals surface area contributed by atoms with Gasteiger partial charge >= 0.3 is 0 Å². The number of benzene rings is 2. The van der Waals surface area contributed by atoms with Crippen LogP contribution in [0.15, 0.2) is 42.5 Å². The molecule has 0 aromatic heterocycles. The second-order valence-electron chi connectivity index (χ2n) is 8.32. The van der Waals surface area contributed by atoms with Gasteiger partial charge in [0.05, 0.1) is 6.61 Å². The Morgan fingerprint density at radius 2 is 1.56 bits per heavy atom. The molecule has 0 fully saturated rings. The minimum Gasteiger partial charge on any atom is -0.483 e. The van der Waals surface area contributed by atoms with E-state index in [-0.39, 0.29) is 23.5 Å². The van der Waals surface area contributed by atoms with Crippen LogP contribution in [-0.2, 0) is 10.8 Å². The van der Waals surface area contributed by atoms with Crippen molar-refractivity contribution in [1.29, 1.82) is 0 Å². The molecule has 0 saturated carbocycles. The average Bonchev–Trinajstić information content (AvgIpc) is 2.58. The lowest BCUT2D eigenvalue weighted by molar-refractivity contribution is 0.116. The molecule has 1 aliphatic rings. The van der Waals surface area contributed by atoms with E-state index >= 15 is 0 Å². The molecule has 1 aliphatic carbocycles. The molecule has 2 aromatic rings. The average molecular weight is 359 g/mol.